The van der Waals surface area contributed by atoms with Gasteiger partial charge in [-0.1, -0.05) is 74.9 Å². The number of hydrogen-bond donors (Lipinski definition) is 0. The molecule has 90 valence electrons. The van der Waals surface area contributed by atoms with Crippen LogP contribution in [0.4, 0.5) is 0 Å². The zero-order valence-corrected chi connectivity index (χ0v) is 11.3. The molecular weight excluding hydrogens is 204 g/mol. The largest absolute Gasteiger partial charge is 0.0683 e. The molecule has 0 aromatic heterocycles. The van der Waals surface area contributed by atoms with E-state index in [2.05, 4.69) is 62.4 Å². The fraction of sp³-hybridized carbons (Fsp3) is 0.294. The van der Waals surface area contributed by atoms with Crippen LogP contribution in [-0.2, 0) is 6.42 Å². The van der Waals surface area contributed by atoms with Crippen LogP contribution >= 0.6 is 0 Å². The van der Waals surface area contributed by atoms with Gasteiger partial charge in [-0.2, -0.15) is 0 Å². The second kappa shape index (κ2) is 6.90. The molecule has 0 spiro atoms. The van der Waals surface area contributed by atoms with E-state index in [0.29, 0.717) is 0 Å². The molecule has 0 amide bonds. The lowest BCUT2D eigenvalue weighted by atomic mass is 10.0. The number of benzene rings is 2. The summed E-state index contributed by atoms with van der Waals surface area (Å²) in [5, 5.41) is 0. The van der Waals surface area contributed by atoms with Crippen LogP contribution in [0.5, 0.6) is 0 Å². The average Bonchev–Trinajstić information content (AvgIpc) is 2.42. The number of hydrogen-bond acceptors (Lipinski definition) is 0. The Morgan fingerprint density at radius 1 is 0.706 bits per heavy atom. The summed E-state index contributed by atoms with van der Waals surface area (Å²) < 4.78 is 0. The average molecular weight is 226 g/mol. The van der Waals surface area contributed by atoms with E-state index < -0.39 is 0 Å². The molecule has 0 aliphatic carbocycles. The molecule has 0 radical (unpaired) electrons. The third kappa shape index (κ3) is 3.74. The first kappa shape index (κ1) is 13.5. The van der Waals surface area contributed by atoms with Gasteiger partial charge in [-0.15, -0.1) is 0 Å². The van der Waals surface area contributed by atoms with Crippen LogP contribution in [0.3, 0.4) is 0 Å². The molecule has 0 N–H and O–H groups in total. The van der Waals surface area contributed by atoms with Crippen LogP contribution in [0.25, 0.3) is 11.1 Å². The molecule has 0 aliphatic rings. The Kier molecular flexibility index (Phi) is 5.48. The summed E-state index contributed by atoms with van der Waals surface area (Å²) in [6.07, 6.45) is 1.11. The molecule has 0 nitrogen and oxygen atoms in total. The van der Waals surface area contributed by atoms with E-state index in [1.54, 1.807) is 0 Å². The topological polar surface area (TPSA) is 0 Å². The molecule has 0 heteroatoms. The summed E-state index contributed by atoms with van der Waals surface area (Å²) in [6.45, 7) is 8.30. The van der Waals surface area contributed by atoms with E-state index >= 15 is 0 Å². The van der Waals surface area contributed by atoms with Gasteiger partial charge in [0.05, 0.1) is 0 Å². The SMILES string of the molecule is CC.CCc1ccc(-c2ccc(C)cc2)cc1. The highest BCUT2D eigenvalue weighted by molar-refractivity contribution is 5.63. The lowest BCUT2D eigenvalue weighted by molar-refractivity contribution is 1.14. The van der Waals surface area contributed by atoms with Crippen molar-refractivity contribution >= 4 is 0 Å². The van der Waals surface area contributed by atoms with Crippen LogP contribution in [0.2, 0.25) is 0 Å². The van der Waals surface area contributed by atoms with Crippen LogP contribution in [0, 0.1) is 6.92 Å². The maximum absolute atomic E-state index is 2.20. The first-order chi connectivity index (χ1) is 8.29. The van der Waals surface area contributed by atoms with Gasteiger partial charge in [0.2, 0.25) is 0 Å². The minimum absolute atomic E-state index is 1.11. The summed E-state index contributed by atoms with van der Waals surface area (Å²) in [7, 11) is 0. The van der Waals surface area contributed by atoms with Gasteiger partial charge in [-0.3, -0.25) is 0 Å². The van der Waals surface area contributed by atoms with Gasteiger partial charge in [0.15, 0.2) is 0 Å². The molecule has 0 saturated carbocycles. The van der Waals surface area contributed by atoms with Crippen molar-refractivity contribution in [3.05, 3.63) is 59.7 Å². The van der Waals surface area contributed by atoms with Crippen molar-refractivity contribution in [3.63, 3.8) is 0 Å². The molecule has 0 fully saturated rings. The summed E-state index contributed by atoms with van der Waals surface area (Å²) in [5.41, 5.74) is 5.30. The van der Waals surface area contributed by atoms with Crippen molar-refractivity contribution in [2.75, 3.05) is 0 Å². The second-order valence-electron chi connectivity index (χ2n) is 3.92. The van der Waals surface area contributed by atoms with Gasteiger partial charge in [0.1, 0.15) is 0 Å². The predicted octanol–water partition coefficient (Wildman–Crippen LogP) is 5.25. The third-order valence-electron chi connectivity index (χ3n) is 2.75. The van der Waals surface area contributed by atoms with Crippen LogP contribution < -0.4 is 0 Å². The van der Waals surface area contributed by atoms with Crippen LogP contribution in [0.15, 0.2) is 48.5 Å². The van der Waals surface area contributed by atoms with E-state index in [-0.39, 0.29) is 0 Å². The Morgan fingerprint density at radius 3 is 1.53 bits per heavy atom. The molecule has 2 rings (SSSR count). The quantitative estimate of drug-likeness (QED) is 0.656. The molecule has 0 unspecified atom stereocenters. The minimum atomic E-state index is 1.11. The molecule has 2 aromatic rings. The lowest BCUT2D eigenvalue weighted by Crippen LogP contribution is -1.81. The van der Waals surface area contributed by atoms with Gasteiger partial charge in [-0.25, -0.2) is 0 Å². The van der Waals surface area contributed by atoms with E-state index in [0.717, 1.165) is 6.42 Å². The van der Waals surface area contributed by atoms with Gasteiger partial charge in [-0.05, 0) is 30.0 Å². The normalized spacial score (nSPS) is 9.41. The Balaban J connectivity index is 0.000000686. The van der Waals surface area contributed by atoms with Crippen molar-refractivity contribution in [1.29, 1.82) is 0 Å². The van der Waals surface area contributed by atoms with Gasteiger partial charge in [0, 0.05) is 0 Å². The maximum atomic E-state index is 2.20. The smallest absolute Gasteiger partial charge is 0.0184 e. The van der Waals surface area contributed by atoms with Crippen molar-refractivity contribution in [2.45, 2.75) is 34.1 Å². The fourth-order valence-corrected chi connectivity index (χ4v) is 1.68. The zero-order valence-electron chi connectivity index (χ0n) is 11.3. The summed E-state index contributed by atoms with van der Waals surface area (Å²) in [6, 6.07) is 17.5. The van der Waals surface area contributed by atoms with Crippen molar-refractivity contribution < 1.29 is 0 Å². The fourth-order valence-electron chi connectivity index (χ4n) is 1.68. The predicted molar refractivity (Wildman–Crippen MR) is 77.3 cm³/mol. The molecule has 2 aromatic carbocycles. The van der Waals surface area contributed by atoms with Crippen molar-refractivity contribution in [1.82, 2.24) is 0 Å². The lowest BCUT2D eigenvalue weighted by Gasteiger charge is -2.03. The molecule has 0 heterocycles. The molecule has 0 bridgehead atoms. The van der Waals surface area contributed by atoms with Gasteiger partial charge >= 0.3 is 0 Å². The maximum Gasteiger partial charge on any atom is -0.0184 e. The Bertz CT molecular complexity index is 421. The molecule has 17 heavy (non-hydrogen) atoms. The standard InChI is InChI=1S/C15H16.C2H6/c1-3-13-6-10-15(11-7-13)14-8-4-12(2)5-9-14;1-2/h4-11H,3H2,1-2H3;1-2H3. The molecular formula is C17H22. The highest BCUT2D eigenvalue weighted by Gasteiger charge is 1.96. The third-order valence-corrected chi connectivity index (χ3v) is 2.75. The van der Waals surface area contributed by atoms with Gasteiger partial charge in [0.25, 0.3) is 0 Å². The van der Waals surface area contributed by atoms with Gasteiger partial charge < -0.3 is 0 Å². The highest BCUT2D eigenvalue weighted by atomic mass is 14.0. The molecule has 0 atom stereocenters. The van der Waals surface area contributed by atoms with E-state index in [4.69, 9.17) is 0 Å². The van der Waals surface area contributed by atoms with E-state index in [1.165, 1.54) is 22.3 Å². The second-order valence-corrected chi connectivity index (χ2v) is 3.92. The van der Waals surface area contributed by atoms with E-state index in [9.17, 15) is 0 Å². The first-order valence-corrected chi connectivity index (χ1v) is 6.45. The first-order valence-electron chi connectivity index (χ1n) is 6.45. The van der Waals surface area contributed by atoms with Crippen molar-refractivity contribution in [2.24, 2.45) is 0 Å². The Morgan fingerprint density at radius 2 is 1.12 bits per heavy atom. The number of rotatable bonds is 2. The molecule has 0 saturated heterocycles. The number of aryl methyl sites for hydroxylation is 2. The van der Waals surface area contributed by atoms with E-state index in [1.807, 2.05) is 13.8 Å². The zero-order chi connectivity index (χ0) is 12.7. The summed E-state index contributed by atoms with van der Waals surface area (Å²) >= 11 is 0. The summed E-state index contributed by atoms with van der Waals surface area (Å²) in [4.78, 5) is 0. The van der Waals surface area contributed by atoms with Crippen LogP contribution in [-0.4, -0.2) is 0 Å². The monoisotopic (exact) mass is 226 g/mol. The Labute approximate surface area is 105 Å². The van der Waals surface area contributed by atoms with Crippen molar-refractivity contribution in [3.8, 4) is 11.1 Å². The summed E-state index contributed by atoms with van der Waals surface area (Å²) in [5.74, 6) is 0. The Hall–Kier alpha value is -1.56. The highest BCUT2D eigenvalue weighted by Crippen LogP contribution is 2.20. The molecule has 0 aliphatic heterocycles. The minimum Gasteiger partial charge on any atom is -0.0683 e. The van der Waals surface area contributed by atoms with Crippen LogP contribution in [0.1, 0.15) is 31.9 Å².